The van der Waals surface area contributed by atoms with Crippen molar-refractivity contribution in [3.05, 3.63) is 48.3 Å². The lowest BCUT2D eigenvalue weighted by atomic mass is 10.2. The van der Waals surface area contributed by atoms with Crippen molar-refractivity contribution in [3.8, 4) is 11.5 Å². The molecule has 2 aromatic rings. The molecule has 2 N–H and O–H groups in total. The first-order chi connectivity index (χ1) is 12.7. The summed E-state index contributed by atoms with van der Waals surface area (Å²) in [5.41, 5.74) is 1.57. The SMILES string of the molecule is COc1ccc(NC(=O)N2CCNCC2COc2cccnc2C)cc1. The van der Waals surface area contributed by atoms with E-state index in [4.69, 9.17) is 9.47 Å². The zero-order valence-electron chi connectivity index (χ0n) is 15.1. The van der Waals surface area contributed by atoms with Crippen LogP contribution in [0.25, 0.3) is 0 Å². The molecular formula is C19H24N4O3. The van der Waals surface area contributed by atoms with Gasteiger partial charge in [0, 0.05) is 31.5 Å². The molecule has 1 unspecified atom stereocenters. The Morgan fingerprint density at radius 1 is 1.35 bits per heavy atom. The number of anilines is 1. The Kier molecular flexibility index (Phi) is 5.91. The molecule has 138 valence electrons. The maximum atomic E-state index is 12.7. The topological polar surface area (TPSA) is 75.7 Å². The van der Waals surface area contributed by atoms with Crippen LogP contribution < -0.4 is 20.1 Å². The maximum absolute atomic E-state index is 12.7. The smallest absolute Gasteiger partial charge is 0.322 e. The summed E-state index contributed by atoms with van der Waals surface area (Å²) in [5, 5.41) is 6.25. The molecular weight excluding hydrogens is 332 g/mol. The number of carbonyl (C=O) groups is 1. The number of pyridine rings is 1. The summed E-state index contributed by atoms with van der Waals surface area (Å²) in [6, 6.07) is 10.8. The highest BCUT2D eigenvalue weighted by atomic mass is 16.5. The molecule has 1 saturated heterocycles. The summed E-state index contributed by atoms with van der Waals surface area (Å²) in [7, 11) is 1.61. The lowest BCUT2D eigenvalue weighted by Crippen LogP contribution is -2.57. The van der Waals surface area contributed by atoms with E-state index in [0.29, 0.717) is 19.7 Å². The zero-order chi connectivity index (χ0) is 18.4. The second-order valence-electron chi connectivity index (χ2n) is 6.11. The van der Waals surface area contributed by atoms with Gasteiger partial charge in [-0.15, -0.1) is 0 Å². The fraction of sp³-hybridized carbons (Fsp3) is 0.368. The van der Waals surface area contributed by atoms with Gasteiger partial charge in [-0.3, -0.25) is 4.98 Å². The third kappa shape index (κ3) is 4.43. The molecule has 1 atom stereocenters. The summed E-state index contributed by atoms with van der Waals surface area (Å²) in [6.07, 6.45) is 1.74. The van der Waals surface area contributed by atoms with Crippen molar-refractivity contribution in [2.24, 2.45) is 0 Å². The monoisotopic (exact) mass is 356 g/mol. The Hall–Kier alpha value is -2.80. The van der Waals surface area contributed by atoms with E-state index in [1.807, 2.05) is 48.2 Å². The van der Waals surface area contributed by atoms with Crippen molar-refractivity contribution >= 4 is 11.7 Å². The number of ether oxygens (including phenoxy) is 2. The number of piperazine rings is 1. The van der Waals surface area contributed by atoms with Crippen molar-refractivity contribution in [1.82, 2.24) is 15.2 Å². The Bertz CT molecular complexity index is 736. The number of nitrogens with zero attached hydrogens (tertiary/aromatic N) is 2. The second-order valence-corrected chi connectivity index (χ2v) is 6.11. The van der Waals surface area contributed by atoms with Gasteiger partial charge in [-0.2, -0.15) is 0 Å². The minimum atomic E-state index is -0.131. The van der Waals surface area contributed by atoms with Crippen LogP contribution in [0.2, 0.25) is 0 Å². The van der Waals surface area contributed by atoms with Crippen LogP contribution in [-0.4, -0.2) is 55.3 Å². The number of amides is 2. The molecule has 3 rings (SSSR count). The fourth-order valence-electron chi connectivity index (χ4n) is 2.85. The summed E-state index contributed by atoms with van der Waals surface area (Å²) < 4.78 is 11.0. The number of rotatable bonds is 5. The molecule has 7 heteroatoms. The van der Waals surface area contributed by atoms with Crippen molar-refractivity contribution in [2.45, 2.75) is 13.0 Å². The molecule has 1 fully saturated rings. The molecule has 0 radical (unpaired) electrons. The first kappa shape index (κ1) is 18.0. The normalized spacial score (nSPS) is 16.8. The standard InChI is InChI=1S/C19H24N4O3/c1-14-18(4-3-9-21-14)26-13-16-12-20-10-11-23(16)19(24)22-15-5-7-17(25-2)8-6-15/h3-9,16,20H,10-13H2,1-2H3,(H,22,24). The lowest BCUT2D eigenvalue weighted by molar-refractivity contribution is 0.132. The number of aryl methyl sites for hydroxylation is 1. The van der Waals surface area contributed by atoms with Crippen LogP contribution in [0.5, 0.6) is 11.5 Å². The highest BCUT2D eigenvalue weighted by molar-refractivity contribution is 5.89. The van der Waals surface area contributed by atoms with Gasteiger partial charge in [0.1, 0.15) is 18.1 Å². The predicted octanol–water partition coefficient (Wildman–Crippen LogP) is 2.28. The third-order valence-electron chi connectivity index (χ3n) is 4.34. The number of carbonyl (C=O) groups excluding carboxylic acids is 1. The number of benzene rings is 1. The van der Waals surface area contributed by atoms with E-state index >= 15 is 0 Å². The van der Waals surface area contributed by atoms with Gasteiger partial charge >= 0.3 is 6.03 Å². The first-order valence-corrected chi connectivity index (χ1v) is 8.64. The Morgan fingerprint density at radius 2 is 2.15 bits per heavy atom. The Morgan fingerprint density at radius 3 is 2.88 bits per heavy atom. The van der Waals surface area contributed by atoms with Gasteiger partial charge < -0.3 is 25.0 Å². The fourth-order valence-corrected chi connectivity index (χ4v) is 2.85. The molecule has 0 bridgehead atoms. The second kappa shape index (κ2) is 8.53. The zero-order valence-corrected chi connectivity index (χ0v) is 15.1. The number of hydrogen-bond donors (Lipinski definition) is 2. The average Bonchev–Trinajstić information content (AvgIpc) is 2.68. The first-order valence-electron chi connectivity index (χ1n) is 8.64. The van der Waals surface area contributed by atoms with Crippen LogP contribution in [-0.2, 0) is 0 Å². The molecule has 2 amide bonds. The third-order valence-corrected chi connectivity index (χ3v) is 4.34. The molecule has 26 heavy (non-hydrogen) atoms. The number of hydrogen-bond acceptors (Lipinski definition) is 5. The molecule has 2 heterocycles. The molecule has 0 spiro atoms. The van der Waals surface area contributed by atoms with Gasteiger partial charge in [0.25, 0.3) is 0 Å². The van der Waals surface area contributed by atoms with Crippen LogP contribution in [0, 0.1) is 6.92 Å². The molecule has 0 aliphatic carbocycles. The van der Waals surface area contributed by atoms with Crippen molar-refractivity contribution in [2.75, 3.05) is 38.7 Å². The molecule has 1 aliphatic rings. The van der Waals surface area contributed by atoms with E-state index in [1.54, 1.807) is 13.3 Å². The maximum Gasteiger partial charge on any atom is 0.322 e. The van der Waals surface area contributed by atoms with E-state index in [9.17, 15) is 4.79 Å². The van der Waals surface area contributed by atoms with Crippen LogP contribution in [0.3, 0.4) is 0 Å². The van der Waals surface area contributed by atoms with Gasteiger partial charge in [0.15, 0.2) is 0 Å². The van der Waals surface area contributed by atoms with Gasteiger partial charge in [-0.1, -0.05) is 0 Å². The molecule has 0 saturated carbocycles. The minimum Gasteiger partial charge on any atom is -0.497 e. The van der Waals surface area contributed by atoms with Gasteiger partial charge in [0.2, 0.25) is 0 Å². The van der Waals surface area contributed by atoms with Crippen LogP contribution in [0.4, 0.5) is 10.5 Å². The van der Waals surface area contributed by atoms with Gasteiger partial charge in [-0.25, -0.2) is 4.79 Å². The van der Waals surface area contributed by atoms with Crippen molar-refractivity contribution in [3.63, 3.8) is 0 Å². The predicted molar refractivity (Wildman–Crippen MR) is 99.8 cm³/mol. The van der Waals surface area contributed by atoms with Crippen LogP contribution in [0.1, 0.15) is 5.69 Å². The largest absolute Gasteiger partial charge is 0.497 e. The summed E-state index contributed by atoms with van der Waals surface area (Å²) >= 11 is 0. The highest BCUT2D eigenvalue weighted by Gasteiger charge is 2.27. The van der Waals surface area contributed by atoms with Gasteiger partial charge in [-0.05, 0) is 43.3 Å². The highest BCUT2D eigenvalue weighted by Crippen LogP contribution is 2.18. The molecule has 1 aliphatic heterocycles. The molecule has 1 aromatic carbocycles. The summed E-state index contributed by atoms with van der Waals surface area (Å²) in [6.45, 7) is 4.40. The van der Waals surface area contributed by atoms with Crippen molar-refractivity contribution in [1.29, 1.82) is 0 Å². The quantitative estimate of drug-likeness (QED) is 0.860. The van der Waals surface area contributed by atoms with E-state index < -0.39 is 0 Å². The minimum absolute atomic E-state index is 0.0541. The Balaban J connectivity index is 1.61. The van der Waals surface area contributed by atoms with Crippen LogP contribution in [0.15, 0.2) is 42.6 Å². The van der Waals surface area contributed by atoms with Gasteiger partial charge in [0.05, 0.1) is 18.8 Å². The Labute approximate surface area is 153 Å². The summed E-state index contributed by atoms with van der Waals surface area (Å²) in [4.78, 5) is 18.7. The van der Waals surface area contributed by atoms with E-state index in [1.165, 1.54) is 0 Å². The number of aromatic nitrogens is 1. The average molecular weight is 356 g/mol. The van der Waals surface area contributed by atoms with E-state index in [0.717, 1.165) is 29.4 Å². The number of nitrogens with one attached hydrogen (secondary N) is 2. The van der Waals surface area contributed by atoms with E-state index in [-0.39, 0.29) is 12.1 Å². The number of methoxy groups -OCH3 is 1. The molecule has 7 nitrogen and oxygen atoms in total. The summed E-state index contributed by atoms with van der Waals surface area (Å²) in [5.74, 6) is 1.50. The van der Waals surface area contributed by atoms with E-state index in [2.05, 4.69) is 15.6 Å². The molecule has 1 aromatic heterocycles. The van der Waals surface area contributed by atoms with Crippen LogP contribution >= 0.6 is 0 Å². The van der Waals surface area contributed by atoms with Crippen molar-refractivity contribution < 1.29 is 14.3 Å². The number of urea groups is 1. The lowest BCUT2D eigenvalue weighted by Gasteiger charge is -2.36.